The Morgan fingerprint density at radius 1 is 1.02 bits per heavy atom. The van der Waals surface area contributed by atoms with Crippen LogP contribution < -0.4 is 10.1 Å². The van der Waals surface area contributed by atoms with Crippen LogP contribution in [0, 0.1) is 0 Å². The van der Waals surface area contributed by atoms with Crippen LogP contribution in [-0.4, -0.2) is 72.3 Å². The summed E-state index contributed by atoms with van der Waals surface area (Å²) >= 11 is 0. The molecule has 1 saturated heterocycles. The van der Waals surface area contributed by atoms with Crippen LogP contribution >= 0.6 is 0 Å². The fourth-order valence-corrected chi connectivity index (χ4v) is 5.37. The first-order valence-electron chi connectivity index (χ1n) is 13.7. The van der Waals surface area contributed by atoms with E-state index < -0.39 is 0 Å². The Kier molecular flexibility index (Phi) is 6.37. The van der Waals surface area contributed by atoms with Gasteiger partial charge in [-0.2, -0.15) is 10.2 Å². The summed E-state index contributed by atoms with van der Waals surface area (Å²) in [5, 5.41) is 13.9. The second-order valence-electron chi connectivity index (χ2n) is 10.3. The summed E-state index contributed by atoms with van der Waals surface area (Å²) in [6.07, 6.45) is 6.12. The van der Waals surface area contributed by atoms with Gasteiger partial charge in [0.15, 0.2) is 5.82 Å². The van der Waals surface area contributed by atoms with E-state index in [0.29, 0.717) is 29.9 Å². The van der Waals surface area contributed by atoms with Gasteiger partial charge < -0.3 is 14.8 Å². The molecule has 5 aromatic rings. The van der Waals surface area contributed by atoms with Gasteiger partial charge in [0.1, 0.15) is 22.9 Å². The number of hydrogen-bond acceptors (Lipinski definition) is 9. The van der Waals surface area contributed by atoms with E-state index >= 15 is 0 Å². The van der Waals surface area contributed by atoms with E-state index in [2.05, 4.69) is 56.2 Å². The van der Waals surface area contributed by atoms with E-state index in [-0.39, 0.29) is 6.04 Å². The van der Waals surface area contributed by atoms with Crippen LogP contribution in [-0.2, 0) is 18.3 Å². The van der Waals surface area contributed by atoms with E-state index in [9.17, 15) is 0 Å². The summed E-state index contributed by atoms with van der Waals surface area (Å²) < 4.78 is 15.6. The first-order valence-corrected chi connectivity index (χ1v) is 13.7. The smallest absolute Gasteiger partial charge is 0.222 e. The molecule has 204 valence electrons. The summed E-state index contributed by atoms with van der Waals surface area (Å²) in [7, 11) is 1.86. The number of pyridine rings is 1. The molecule has 11 nitrogen and oxygen atoms in total. The molecule has 0 unspecified atom stereocenters. The van der Waals surface area contributed by atoms with Crippen molar-refractivity contribution in [2.24, 2.45) is 7.05 Å². The summed E-state index contributed by atoms with van der Waals surface area (Å²) in [4.78, 5) is 16.4. The quantitative estimate of drug-likeness (QED) is 0.362. The number of nitrogens with one attached hydrogen (secondary N) is 1. The van der Waals surface area contributed by atoms with Crippen molar-refractivity contribution in [2.45, 2.75) is 25.9 Å². The highest BCUT2D eigenvalue weighted by molar-refractivity contribution is 5.94. The third-order valence-corrected chi connectivity index (χ3v) is 7.53. The van der Waals surface area contributed by atoms with Gasteiger partial charge in [-0.3, -0.25) is 9.58 Å². The first-order chi connectivity index (χ1) is 19.6. The Balaban J connectivity index is 1.28. The zero-order valence-corrected chi connectivity index (χ0v) is 22.6. The van der Waals surface area contributed by atoms with Crippen LogP contribution in [0.15, 0.2) is 55.0 Å². The molecule has 1 aromatic carbocycles. The molecule has 4 bridgehead atoms. The second kappa shape index (κ2) is 10.3. The first kappa shape index (κ1) is 24.7. The third-order valence-electron chi connectivity index (χ3n) is 7.53. The predicted molar refractivity (Wildman–Crippen MR) is 151 cm³/mol. The minimum Gasteiger partial charge on any atom is -0.477 e. The van der Waals surface area contributed by atoms with Gasteiger partial charge in [0.2, 0.25) is 5.88 Å². The number of fused-ring (bicyclic) bond motifs is 5. The zero-order valence-electron chi connectivity index (χ0n) is 22.6. The van der Waals surface area contributed by atoms with Gasteiger partial charge in [0.25, 0.3) is 0 Å². The Morgan fingerprint density at radius 3 is 2.83 bits per heavy atom. The van der Waals surface area contributed by atoms with Crippen LogP contribution in [0.4, 0.5) is 11.6 Å². The average Bonchev–Trinajstić information content (AvgIpc) is 3.54. The van der Waals surface area contributed by atoms with Crippen molar-refractivity contribution in [3.63, 3.8) is 0 Å². The lowest BCUT2D eigenvalue weighted by Crippen LogP contribution is -2.35. The molecule has 40 heavy (non-hydrogen) atoms. The van der Waals surface area contributed by atoms with Crippen molar-refractivity contribution in [3.05, 3.63) is 60.6 Å². The molecule has 1 N–H and O–H groups in total. The summed E-state index contributed by atoms with van der Waals surface area (Å²) in [6.45, 7) is 7.05. The van der Waals surface area contributed by atoms with Crippen molar-refractivity contribution in [1.29, 1.82) is 0 Å². The second-order valence-corrected chi connectivity index (χ2v) is 10.3. The Bertz CT molecular complexity index is 1670. The lowest BCUT2D eigenvalue weighted by Gasteiger charge is -2.26. The lowest BCUT2D eigenvalue weighted by molar-refractivity contribution is 0.0342. The number of hydrogen-bond donors (Lipinski definition) is 1. The van der Waals surface area contributed by atoms with Gasteiger partial charge in [0.05, 0.1) is 37.6 Å². The largest absolute Gasteiger partial charge is 0.477 e. The van der Waals surface area contributed by atoms with Crippen molar-refractivity contribution >= 4 is 22.5 Å². The van der Waals surface area contributed by atoms with Gasteiger partial charge >= 0.3 is 0 Å². The SMILES string of the molecule is C[C@H]1CCOc2c(cnn2C)-c2nccc(n2)Nc2cc3c(cn2)c(-c2cccc(CN4CCOCC4)c2)nn31. The average molecular weight is 538 g/mol. The van der Waals surface area contributed by atoms with Crippen molar-refractivity contribution in [3.8, 4) is 28.5 Å². The van der Waals surface area contributed by atoms with Crippen molar-refractivity contribution in [1.82, 2.24) is 39.4 Å². The molecular formula is C29H31N9O2. The van der Waals surface area contributed by atoms with Gasteiger partial charge in [0, 0.05) is 62.5 Å². The van der Waals surface area contributed by atoms with Gasteiger partial charge in [-0.25, -0.2) is 19.6 Å². The fraction of sp³-hybridized carbons (Fsp3) is 0.345. The van der Waals surface area contributed by atoms with E-state index in [1.54, 1.807) is 17.1 Å². The zero-order chi connectivity index (χ0) is 27.1. The molecule has 0 amide bonds. The molecule has 11 heteroatoms. The number of rotatable bonds is 3. The molecule has 0 saturated carbocycles. The number of nitrogens with zero attached hydrogens (tertiary/aromatic N) is 8. The molecule has 7 rings (SSSR count). The van der Waals surface area contributed by atoms with E-state index in [1.807, 2.05) is 25.4 Å². The van der Waals surface area contributed by atoms with Crippen LogP contribution in [0.25, 0.3) is 33.5 Å². The summed E-state index contributed by atoms with van der Waals surface area (Å²) in [6, 6.07) is 12.6. The van der Waals surface area contributed by atoms with Gasteiger partial charge in [-0.15, -0.1) is 0 Å². The Labute approximate surface area is 231 Å². The minimum atomic E-state index is 0.0803. The topological polar surface area (TPSA) is 108 Å². The number of benzene rings is 1. The Hall–Kier alpha value is -4.35. The maximum atomic E-state index is 6.23. The van der Waals surface area contributed by atoms with E-state index in [1.165, 1.54) is 5.56 Å². The molecule has 4 aromatic heterocycles. The maximum Gasteiger partial charge on any atom is 0.222 e. The van der Waals surface area contributed by atoms with Crippen molar-refractivity contribution in [2.75, 3.05) is 38.2 Å². The number of aryl methyl sites for hydroxylation is 1. The van der Waals surface area contributed by atoms with E-state index in [0.717, 1.165) is 67.0 Å². The molecule has 0 spiro atoms. The summed E-state index contributed by atoms with van der Waals surface area (Å²) in [5.41, 5.74) is 5.02. The molecular weight excluding hydrogens is 506 g/mol. The van der Waals surface area contributed by atoms with Crippen LogP contribution in [0.1, 0.15) is 24.9 Å². The molecule has 1 atom stereocenters. The predicted octanol–water partition coefficient (Wildman–Crippen LogP) is 4.21. The minimum absolute atomic E-state index is 0.0803. The van der Waals surface area contributed by atoms with Crippen molar-refractivity contribution < 1.29 is 9.47 Å². The number of anilines is 2. The van der Waals surface area contributed by atoms with Crippen LogP contribution in [0.2, 0.25) is 0 Å². The van der Waals surface area contributed by atoms with Gasteiger partial charge in [-0.05, 0) is 24.6 Å². The van der Waals surface area contributed by atoms with Gasteiger partial charge in [-0.1, -0.05) is 18.2 Å². The third kappa shape index (κ3) is 4.67. The molecule has 2 aliphatic rings. The molecule has 0 radical (unpaired) electrons. The number of morpholine rings is 1. The molecule has 1 fully saturated rings. The molecule has 6 heterocycles. The molecule has 2 aliphatic heterocycles. The Morgan fingerprint density at radius 2 is 1.93 bits per heavy atom. The van der Waals surface area contributed by atoms with Crippen LogP contribution in [0.3, 0.4) is 0 Å². The highest BCUT2D eigenvalue weighted by Gasteiger charge is 2.21. The summed E-state index contributed by atoms with van der Waals surface area (Å²) in [5.74, 6) is 2.52. The lowest BCUT2D eigenvalue weighted by atomic mass is 10.1. The molecule has 0 aliphatic carbocycles. The maximum absolute atomic E-state index is 6.23. The number of aromatic nitrogens is 7. The van der Waals surface area contributed by atoms with E-state index in [4.69, 9.17) is 24.5 Å². The fourth-order valence-electron chi connectivity index (χ4n) is 5.37. The number of ether oxygens (including phenoxy) is 2. The normalized spacial score (nSPS) is 17.7. The monoisotopic (exact) mass is 537 g/mol. The van der Waals surface area contributed by atoms with Crippen LogP contribution in [0.5, 0.6) is 5.88 Å². The highest BCUT2D eigenvalue weighted by Crippen LogP contribution is 2.34. The standard InChI is InChI=1S/C29H31N9O2/c1-19-7-11-40-29-23(17-32-36(29)2)28-30-8-6-25(34-28)33-26-15-24-22(16-31-26)27(35-38(19)24)21-5-3-4-20(14-21)18-37-9-12-39-13-10-37/h3-6,8,14-17,19H,7,9-13,18H2,1-2H3,(H,30,31,33,34)/t19-/m0/s1. The highest BCUT2D eigenvalue weighted by atomic mass is 16.5.